The fourth-order valence-electron chi connectivity index (χ4n) is 2.00. The number of fused-ring (bicyclic) bond motifs is 1. The SMILES string of the molecule is c1cncc(CNC[C@H]2Cn3nncc3CO2)c1. The third-order valence-corrected chi connectivity index (χ3v) is 2.97. The van der Waals surface area contributed by atoms with Crippen LogP contribution in [0.2, 0.25) is 0 Å². The van der Waals surface area contributed by atoms with Crippen molar-refractivity contribution in [2.24, 2.45) is 0 Å². The normalized spacial score (nSPS) is 18.6. The number of pyridine rings is 1. The van der Waals surface area contributed by atoms with Crippen LogP contribution in [0.15, 0.2) is 30.7 Å². The first-order chi connectivity index (χ1) is 8.92. The standard InChI is InChI=1S/C12H15N5O/c1-2-10(4-13-3-1)5-14-7-12-8-17-11(9-18-12)6-15-16-17/h1-4,6,12,14H,5,7-9H2/t12-/m0/s1. The fourth-order valence-corrected chi connectivity index (χ4v) is 2.00. The molecule has 0 bridgehead atoms. The topological polar surface area (TPSA) is 64.9 Å². The number of rotatable bonds is 4. The summed E-state index contributed by atoms with van der Waals surface area (Å²) in [4.78, 5) is 4.08. The van der Waals surface area contributed by atoms with E-state index in [0.29, 0.717) is 6.61 Å². The number of ether oxygens (including phenoxy) is 1. The second-order valence-electron chi connectivity index (χ2n) is 4.33. The van der Waals surface area contributed by atoms with E-state index in [0.717, 1.165) is 25.3 Å². The maximum absolute atomic E-state index is 5.72. The summed E-state index contributed by atoms with van der Waals surface area (Å²) >= 11 is 0. The van der Waals surface area contributed by atoms with Gasteiger partial charge in [0, 0.05) is 25.5 Å². The van der Waals surface area contributed by atoms with Crippen molar-refractivity contribution in [2.75, 3.05) is 6.54 Å². The molecule has 94 valence electrons. The molecule has 0 unspecified atom stereocenters. The molecule has 6 heteroatoms. The maximum atomic E-state index is 5.72. The van der Waals surface area contributed by atoms with E-state index >= 15 is 0 Å². The first kappa shape index (κ1) is 11.3. The van der Waals surface area contributed by atoms with Gasteiger partial charge in [0.25, 0.3) is 0 Å². The number of hydrogen-bond donors (Lipinski definition) is 1. The van der Waals surface area contributed by atoms with Crippen molar-refractivity contribution < 1.29 is 4.74 Å². The van der Waals surface area contributed by atoms with Gasteiger partial charge in [0.05, 0.1) is 31.1 Å². The van der Waals surface area contributed by atoms with Crippen LogP contribution in [0.3, 0.4) is 0 Å². The quantitative estimate of drug-likeness (QED) is 0.842. The van der Waals surface area contributed by atoms with Gasteiger partial charge in [-0.05, 0) is 11.6 Å². The Balaban J connectivity index is 1.48. The molecule has 3 heterocycles. The third kappa shape index (κ3) is 2.55. The number of nitrogens with zero attached hydrogens (tertiary/aromatic N) is 4. The highest BCUT2D eigenvalue weighted by Crippen LogP contribution is 2.10. The summed E-state index contributed by atoms with van der Waals surface area (Å²) in [7, 11) is 0. The van der Waals surface area contributed by atoms with Crippen molar-refractivity contribution in [2.45, 2.75) is 25.8 Å². The zero-order valence-corrected chi connectivity index (χ0v) is 9.99. The van der Waals surface area contributed by atoms with E-state index in [2.05, 4.69) is 26.7 Å². The largest absolute Gasteiger partial charge is 0.369 e. The van der Waals surface area contributed by atoms with Crippen molar-refractivity contribution in [1.82, 2.24) is 25.3 Å². The fraction of sp³-hybridized carbons (Fsp3) is 0.417. The molecule has 0 saturated carbocycles. The highest BCUT2D eigenvalue weighted by molar-refractivity contribution is 5.07. The Morgan fingerprint density at radius 1 is 1.44 bits per heavy atom. The predicted molar refractivity (Wildman–Crippen MR) is 64.5 cm³/mol. The molecule has 2 aromatic heterocycles. The van der Waals surface area contributed by atoms with Gasteiger partial charge in [0.1, 0.15) is 0 Å². The van der Waals surface area contributed by atoms with Crippen LogP contribution in [0.4, 0.5) is 0 Å². The summed E-state index contributed by atoms with van der Waals surface area (Å²) in [6.45, 7) is 2.95. The van der Waals surface area contributed by atoms with Crippen LogP contribution >= 0.6 is 0 Å². The van der Waals surface area contributed by atoms with Gasteiger partial charge in [0.2, 0.25) is 0 Å². The van der Waals surface area contributed by atoms with Crippen molar-refractivity contribution in [3.63, 3.8) is 0 Å². The molecule has 0 radical (unpaired) electrons. The van der Waals surface area contributed by atoms with Crippen LogP contribution in [-0.4, -0.2) is 32.6 Å². The average Bonchev–Trinajstić information content (AvgIpc) is 2.87. The minimum atomic E-state index is 0.149. The summed E-state index contributed by atoms with van der Waals surface area (Å²) in [5, 5.41) is 11.3. The lowest BCUT2D eigenvalue weighted by Gasteiger charge is -2.23. The van der Waals surface area contributed by atoms with Crippen LogP contribution in [0.1, 0.15) is 11.3 Å². The van der Waals surface area contributed by atoms with E-state index in [1.165, 1.54) is 5.56 Å². The first-order valence-electron chi connectivity index (χ1n) is 6.00. The summed E-state index contributed by atoms with van der Waals surface area (Å²) < 4.78 is 7.62. The van der Waals surface area contributed by atoms with Gasteiger partial charge >= 0.3 is 0 Å². The Kier molecular flexibility index (Phi) is 3.29. The highest BCUT2D eigenvalue weighted by atomic mass is 16.5. The second kappa shape index (κ2) is 5.24. The average molecular weight is 245 g/mol. The molecule has 1 N–H and O–H groups in total. The summed E-state index contributed by atoms with van der Waals surface area (Å²) in [6.07, 6.45) is 5.54. The van der Waals surface area contributed by atoms with Gasteiger partial charge < -0.3 is 10.1 Å². The molecular weight excluding hydrogens is 230 g/mol. The van der Waals surface area contributed by atoms with Crippen molar-refractivity contribution in [3.8, 4) is 0 Å². The summed E-state index contributed by atoms with van der Waals surface area (Å²) in [6, 6.07) is 3.99. The Labute approximate surface area is 105 Å². The summed E-state index contributed by atoms with van der Waals surface area (Å²) in [5.41, 5.74) is 2.22. The van der Waals surface area contributed by atoms with E-state index in [1.54, 1.807) is 12.4 Å². The van der Waals surface area contributed by atoms with E-state index in [-0.39, 0.29) is 6.10 Å². The van der Waals surface area contributed by atoms with Gasteiger partial charge in [0.15, 0.2) is 0 Å². The molecule has 1 atom stereocenters. The Bertz CT molecular complexity index is 498. The smallest absolute Gasteiger partial charge is 0.0906 e. The molecule has 0 spiro atoms. The molecule has 2 aromatic rings. The zero-order chi connectivity index (χ0) is 12.2. The lowest BCUT2D eigenvalue weighted by atomic mass is 10.2. The molecule has 18 heavy (non-hydrogen) atoms. The Morgan fingerprint density at radius 3 is 3.33 bits per heavy atom. The predicted octanol–water partition coefficient (Wildman–Crippen LogP) is 0.362. The molecule has 6 nitrogen and oxygen atoms in total. The van der Waals surface area contributed by atoms with Crippen LogP contribution in [0.5, 0.6) is 0 Å². The van der Waals surface area contributed by atoms with Gasteiger partial charge in [-0.25, -0.2) is 4.68 Å². The van der Waals surface area contributed by atoms with Crippen LogP contribution in [-0.2, 0) is 24.4 Å². The molecule has 3 rings (SSSR count). The summed E-state index contributed by atoms with van der Waals surface area (Å²) in [5.74, 6) is 0. The lowest BCUT2D eigenvalue weighted by molar-refractivity contribution is 0.000977. The first-order valence-corrected chi connectivity index (χ1v) is 6.00. The molecule has 1 aliphatic rings. The monoisotopic (exact) mass is 245 g/mol. The van der Waals surface area contributed by atoms with Crippen LogP contribution in [0.25, 0.3) is 0 Å². The second-order valence-corrected chi connectivity index (χ2v) is 4.33. The van der Waals surface area contributed by atoms with Gasteiger partial charge in [-0.2, -0.15) is 0 Å². The van der Waals surface area contributed by atoms with E-state index in [4.69, 9.17) is 4.74 Å². The third-order valence-electron chi connectivity index (χ3n) is 2.97. The van der Waals surface area contributed by atoms with Crippen LogP contribution in [0, 0.1) is 0 Å². The molecule has 0 fully saturated rings. The van der Waals surface area contributed by atoms with Crippen LogP contribution < -0.4 is 5.32 Å². The Morgan fingerprint density at radius 2 is 2.44 bits per heavy atom. The molecule has 0 amide bonds. The van der Waals surface area contributed by atoms with E-state index in [9.17, 15) is 0 Å². The number of aromatic nitrogens is 4. The lowest BCUT2D eigenvalue weighted by Crippen LogP contribution is -2.36. The zero-order valence-electron chi connectivity index (χ0n) is 9.99. The molecule has 1 aliphatic heterocycles. The minimum Gasteiger partial charge on any atom is -0.369 e. The molecular formula is C12H15N5O. The van der Waals surface area contributed by atoms with Crippen molar-refractivity contribution in [1.29, 1.82) is 0 Å². The van der Waals surface area contributed by atoms with E-state index in [1.807, 2.05) is 16.9 Å². The van der Waals surface area contributed by atoms with Gasteiger partial charge in [-0.1, -0.05) is 11.3 Å². The van der Waals surface area contributed by atoms with Crippen molar-refractivity contribution >= 4 is 0 Å². The number of hydrogen-bond acceptors (Lipinski definition) is 5. The van der Waals surface area contributed by atoms with Crippen molar-refractivity contribution in [3.05, 3.63) is 42.0 Å². The molecule has 0 saturated heterocycles. The van der Waals surface area contributed by atoms with Gasteiger partial charge in [-0.3, -0.25) is 4.98 Å². The maximum Gasteiger partial charge on any atom is 0.0906 e. The molecule has 0 aliphatic carbocycles. The highest BCUT2D eigenvalue weighted by Gasteiger charge is 2.19. The Hall–Kier alpha value is -1.79. The van der Waals surface area contributed by atoms with Gasteiger partial charge in [-0.15, -0.1) is 5.10 Å². The van der Waals surface area contributed by atoms with E-state index < -0.39 is 0 Å². The number of nitrogens with one attached hydrogen (secondary N) is 1. The molecule has 0 aromatic carbocycles. The minimum absolute atomic E-state index is 0.149.